The lowest BCUT2D eigenvalue weighted by molar-refractivity contribution is 0.0936. The van der Waals surface area contributed by atoms with E-state index >= 15 is 0 Å². The summed E-state index contributed by atoms with van der Waals surface area (Å²) in [6.45, 7) is 5.05. The first-order valence-corrected chi connectivity index (χ1v) is 10.1. The topological polar surface area (TPSA) is 32.3 Å². The second kappa shape index (κ2) is 6.38. The van der Waals surface area contributed by atoms with Crippen molar-refractivity contribution >= 4 is 28.6 Å². The van der Waals surface area contributed by atoms with Crippen molar-refractivity contribution in [2.75, 3.05) is 13.1 Å². The first-order chi connectivity index (χ1) is 11.2. The Hall–Kier alpha value is -1.17. The summed E-state index contributed by atoms with van der Waals surface area (Å²) >= 11 is 3.56. The SMILES string of the molecule is CC(CNC(=O)c1cc2c(s1)CCC2)N1CCc2sccc2C1. The Morgan fingerprint density at radius 1 is 1.30 bits per heavy atom. The second-order valence-corrected chi connectivity index (χ2v) is 8.70. The summed E-state index contributed by atoms with van der Waals surface area (Å²) in [5.41, 5.74) is 2.86. The molecule has 0 aromatic carbocycles. The van der Waals surface area contributed by atoms with Crippen LogP contribution in [-0.2, 0) is 25.8 Å². The van der Waals surface area contributed by atoms with Gasteiger partial charge in [0.25, 0.3) is 5.91 Å². The molecular formula is C18H22N2OS2. The molecule has 1 N–H and O–H groups in total. The minimum Gasteiger partial charge on any atom is -0.350 e. The lowest BCUT2D eigenvalue weighted by atomic mass is 10.1. The van der Waals surface area contributed by atoms with Gasteiger partial charge in [-0.2, -0.15) is 0 Å². The summed E-state index contributed by atoms with van der Waals surface area (Å²) in [5, 5.41) is 5.33. The van der Waals surface area contributed by atoms with E-state index in [1.807, 2.05) is 11.3 Å². The number of hydrogen-bond donors (Lipinski definition) is 1. The zero-order valence-corrected chi connectivity index (χ0v) is 15.1. The number of nitrogens with one attached hydrogen (secondary N) is 1. The third-order valence-corrected chi connectivity index (χ3v) is 7.25. The number of thiophene rings is 2. The van der Waals surface area contributed by atoms with Crippen LogP contribution in [0.25, 0.3) is 0 Å². The summed E-state index contributed by atoms with van der Waals surface area (Å²) in [4.78, 5) is 18.7. The maximum absolute atomic E-state index is 12.4. The largest absolute Gasteiger partial charge is 0.350 e. The fourth-order valence-corrected chi connectivity index (χ4v) is 5.60. The predicted octanol–water partition coefficient (Wildman–Crippen LogP) is 3.47. The highest BCUT2D eigenvalue weighted by Gasteiger charge is 2.23. The number of amides is 1. The van der Waals surface area contributed by atoms with E-state index in [2.05, 4.69) is 34.7 Å². The number of hydrogen-bond acceptors (Lipinski definition) is 4. The molecule has 2 aliphatic rings. The van der Waals surface area contributed by atoms with Crippen molar-refractivity contribution in [2.24, 2.45) is 0 Å². The van der Waals surface area contributed by atoms with Crippen LogP contribution >= 0.6 is 22.7 Å². The van der Waals surface area contributed by atoms with E-state index in [4.69, 9.17) is 0 Å². The molecule has 5 heteroatoms. The van der Waals surface area contributed by atoms with E-state index in [1.165, 1.54) is 27.3 Å². The Balaban J connectivity index is 1.32. The van der Waals surface area contributed by atoms with Gasteiger partial charge in [-0.05, 0) is 61.2 Å². The number of fused-ring (bicyclic) bond motifs is 2. The Labute approximate surface area is 145 Å². The monoisotopic (exact) mass is 346 g/mol. The maximum atomic E-state index is 12.4. The summed E-state index contributed by atoms with van der Waals surface area (Å²) in [5.74, 6) is 0.101. The Bertz CT molecular complexity index is 697. The summed E-state index contributed by atoms with van der Waals surface area (Å²) < 4.78 is 0. The van der Waals surface area contributed by atoms with Gasteiger partial charge in [0, 0.05) is 35.4 Å². The molecule has 0 saturated carbocycles. The quantitative estimate of drug-likeness (QED) is 0.919. The van der Waals surface area contributed by atoms with Gasteiger partial charge in [0.1, 0.15) is 0 Å². The van der Waals surface area contributed by atoms with E-state index in [0.717, 1.165) is 43.8 Å². The van der Waals surface area contributed by atoms with Gasteiger partial charge in [0.2, 0.25) is 0 Å². The molecule has 23 heavy (non-hydrogen) atoms. The molecule has 1 amide bonds. The molecule has 1 atom stereocenters. The lowest BCUT2D eigenvalue weighted by Crippen LogP contribution is -2.44. The average molecular weight is 347 g/mol. The van der Waals surface area contributed by atoms with Crippen LogP contribution in [0.15, 0.2) is 17.5 Å². The highest BCUT2D eigenvalue weighted by molar-refractivity contribution is 7.14. The Kier molecular flexibility index (Phi) is 4.26. The Morgan fingerprint density at radius 3 is 3.09 bits per heavy atom. The van der Waals surface area contributed by atoms with Crippen LogP contribution in [0.5, 0.6) is 0 Å². The van der Waals surface area contributed by atoms with Crippen molar-refractivity contribution in [2.45, 2.75) is 45.2 Å². The number of aryl methyl sites for hydroxylation is 2. The fraction of sp³-hybridized carbons (Fsp3) is 0.500. The minimum absolute atomic E-state index is 0.101. The third-order valence-electron chi connectivity index (χ3n) is 4.99. The molecule has 0 spiro atoms. The van der Waals surface area contributed by atoms with E-state index in [-0.39, 0.29) is 5.91 Å². The van der Waals surface area contributed by atoms with Crippen LogP contribution in [0.3, 0.4) is 0 Å². The normalized spacial score (nSPS) is 18.5. The molecule has 2 aromatic rings. The van der Waals surface area contributed by atoms with Crippen LogP contribution < -0.4 is 5.32 Å². The lowest BCUT2D eigenvalue weighted by Gasteiger charge is -2.32. The van der Waals surface area contributed by atoms with Gasteiger partial charge >= 0.3 is 0 Å². The Morgan fingerprint density at radius 2 is 2.22 bits per heavy atom. The molecule has 1 unspecified atom stereocenters. The molecule has 3 nitrogen and oxygen atoms in total. The summed E-state index contributed by atoms with van der Waals surface area (Å²) in [6, 6.07) is 4.72. The standard InChI is InChI=1S/C18H22N2OS2/c1-12(20-7-5-15-14(11-20)6-8-22-15)10-19-18(21)17-9-13-3-2-4-16(13)23-17/h6,8-9,12H,2-5,7,10-11H2,1H3,(H,19,21). The first kappa shape index (κ1) is 15.4. The first-order valence-electron chi connectivity index (χ1n) is 8.40. The summed E-state index contributed by atoms with van der Waals surface area (Å²) in [6.07, 6.45) is 4.69. The van der Waals surface area contributed by atoms with Gasteiger partial charge in [0.15, 0.2) is 0 Å². The van der Waals surface area contributed by atoms with Gasteiger partial charge in [0.05, 0.1) is 4.88 Å². The molecule has 2 aromatic heterocycles. The van der Waals surface area contributed by atoms with Gasteiger partial charge < -0.3 is 5.32 Å². The molecule has 3 heterocycles. The zero-order valence-electron chi connectivity index (χ0n) is 13.4. The van der Waals surface area contributed by atoms with Crippen molar-refractivity contribution in [1.29, 1.82) is 0 Å². The summed E-state index contributed by atoms with van der Waals surface area (Å²) in [7, 11) is 0. The average Bonchev–Trinajstić information content (AvgIpc) is 3.25. The predicted molar refractivity (Wildman–Crippen MR) is 96.6 cm³/mol. The van der Waals surface area contributed by atoms with Crippen molar-refractivity contribution in [1.82, 2.24) is 10.2 Å². The van der Waals surface area contributed by atoms with Gasteiger partial charge in [-0.25, -0.2) is 0 Å². The molecule has 0 fully saturated rings. The van der Waals surface area contributed by atoms with Crippen molar-refractivity contribution in [3.8, 4) is 0 Å². The highest BCUT2D eigenvalue weighted by atomic mass is 32.1. The fourth-order valence-electron chi connectivity index (χ4n) is 3.54. The van der Waals surface area contributed by atoms with Crippen molar-refractivity contribution < 1.29 is 4.79 Å². The second-order valence-electron chi connectivity index (χ2n) is 6.56. The van der Waals surface area contributed by atoms with E-state index in [0.29, 0.717) is 6.04 Å². The third kappa shape index (κ3) is 3.10. The van der Waals surface area contributed by atoms with Crippen LogP contribution in [0.2, 0.25) is 0 Å². The number of nitrogens with zero attached hydrogens (tertiary/aromatic N) is 1. The molecule has 4 rings (SSSR count). The van der Waals surface area contributed by atoms with Gasteiger partial charge in [-0.15, -0.1) is 22.7 Å². The molecule has 1 aliphatic heterocycles. The minimum atomic E-state index is 0.101. The number of carbonyl (C=O) groups is 1. The van der Waals surface area contributed by atoms with E-state index in [1.54, 1.807) is 11.3 Å². The number of rotatable bonds is 4. The number of carbonyl (C=O) groups excluding carboxylic acids is 1. The van der Waals surface area contributed by atoms with Crippen LogP contribution in [0.4, 0.5) is 0 Å². The van der Waals surface area contributed by atoms with Gasteiger partial charge in [-0.1, -0.05) is 0 Å². The van der Waals surface area contributed by atoms with Crippen LogP contribution in [0.1, 0.15) is 43.9 Å². The molecule has 122 valence electrons. The molecule has 0 bridgehead atoms. The van der Waals surface area contributed by atoms with Crippen LogP contribution in [-0.4, -0.2) is 29.9 Å². The van der Waals surface area contributed by atoms with Crippen LogP contribution in [0, 0.1) is 0 Å². The maximum Gasteiger partial charge on any atom is 0.261 e. The van der Waals surface area contributed by atoms with E-state index in [9.17, 15) is 4.79 Å². The van der Waals surface area contributed by atoms with Gasteiger partial charge in [-0.3, -0.25) is 9.69 Å². The van der Waals surface area contributed by atoms with E-state index < -0.39 is 0 Å². The zero-order chi connectivity index (χ0) is 15.8. The molecule has 0 saturated heterocycles. The van der Waals surface area contributed by atoms with Crippen molar-refractivity contribution in [3.05, 3.63) is 43.3 Å². The molecule has 1 aliphatic carbocycles. The van der Waals surface area contributed by atoms with Crippen molar-refractivity contribution in [3.63, 3.8) is 0 Å². The highest BCUT2D eigenvalue weighted by Crippen LogP contribution is 2.30. The smallest absolute Gasteiger partial charge is 0.261 e. The molecular weight excluding hydrogens is 324 g/mol. The molecule has 0 radical (unpaired) electrons.